The summed E-state index contributed by atoms with van der Waals surface area (Å²) in [6, 6.07) is 7.75. The van der Waals surface area contributed by atoms with Crippen molar-refractivity contribution in [2.75, 3.05) is 7.11 Å². The Kier molecular flexibility index (Phi) is 3.05. The average Bonchev–Trinajstić information content (AvgIpc) is 2.90. The van der Waals surface area contributed by atoms with E-state index in [-0.39, 0.29) is 0 Å². The molecule has 0 atom stereocenters. The second-order valence-corrected chi connectivity index (χ2v) is 4.97. The number of hydrogen-bond acceptors (Lipinski definition) is 5. The van der Waals surface area contributed by atoms with Crippen LogP contribution in [-0.4, -0.2) is 17.1 Å². The van der Waals surface area contributed by atoms with E-state index in [4.69, 9.17) is 9.47 Å². The molecule has 0 aliphatic carbocycles. The molecule has 2 aromatic heterocycles. The van der Waals surface area contributed by atoms with Crippen LogP contribution in [0.15, 0.2) is 36.0 Å². The average molecular weight is 272 g/mol. The molecular weight excluding hydrogens is 260 g/mol. The largest absolute Gasteiger partial charge is 0.493 e. The smallest absolute Gasteiger partial charge is 0.231 e. The number of hydrogen-bond donors (Lipinski definition) is 0. The van der Waals surface area contributed by atoms with Crippen LogP contribution in [0.3, 0.4) is 0 Å². The van der Waals surface area contributed by atoms with Gasteiger partial charge in [-0.2, -0.15) is 0 Å². The van der Waals surface area contributed by atoms with E-state index in [1.165, 1.54) is 6.33 Å². The molecule has 3 rings (SSSR count). The predicted molar refractivity (Wildman–Crippen MR) is 75.2 cm³/mol. The van der Waals surface area contributed by atoms with Gasteiger partial charge in [0.15, 0.2) is 11.5 Å². The molecule has 0 amide bonds. The number of thiophene rings is 1. The molecule has 0 spiro atoms. The molecule has 4 nitrogen and oxygen atoms in total. The monoisotopic (exact) mass is 272 g/mol. The van der Waals surface area contributed by atoms with Gasteiger partial charge >= 0.3 is 0 Å². The highest BCUT2D eigenvalue weighted by Crippen LogP contribution is 2.34. The maximum Gasteiger partial charge on any atom is 0.231 e. The number of nitrogens with zero attached hydrogens (tertiary/aromatic N) is 2. The topological polar surface area (TPSA) is 44.2 Å². The molecular formula is C14H12N2O2S. The van der Waals surface area contributed by atoms with Crippen LogP contribution < -0.4 is 9.47 Å². The molecule has 96 valence electrons. The number of aromatic nitrogens is 2. The summed E-state index contributed by atoms with van der Waals surface area (Å²) < 4.78 is 11.2. The van der Waals surface area contributed by atoms with Crippen molar-refractivity contribution in [2.24, 2.45) is 0 Å². The highest BCUT2D eigenvalue weighted by atomic mass is 32.1. The second-order valence-electron chi connectivity index (χ2n) is 4.07. The first-order chi connectivity index (χ1) is 9.28. The Morgan fingerprint density at radius 3 is 2.84 bits per heavy atom. The van der Waals surface area contributed by atoms with Crippen LogP contribution in [0.25, 0.3) is 10.2 Å². The normalized spacial score (nSPS) is 10.6. The summed E-state index contributed by atoms with van der Waals surface area (Å²) in [6.45, 7) is 2.01. The fourth-order valence-corrected chi connectivity index (χ4v) is 2.54. The van der Waals surface area contributed by atoms with Crippen molar-refractivity contribution in [1.29, 1.82) is 0 Å². The van der Waals surface area contributed by atoms with Crippen molar-refractivity contribution in [3.05, 3.63) is 41.5 Å². The van der Waals surface area contributed by atoms with Crippen LogP contribution in [0.2, 0.25) is 0 Å². The van der Waals surface area contributed by atoms with Crippen LogP contribution in [0.4, 0.5) is 0 Å². The molecule has 0 saturated carbocycles. The van der Waals surface area contributed by atoms with Crippen molar-refractivity contribution in [2.45, 2.75) is 6.92 Å². The Morgan fingerprint density at radius 1 is 1.11 bits per heavy atom. The predicted octanol–water partition coefficient (Wildman–Crippen LogP) is 3.80. The van der Waals surface area contributed by atoms with E-state index in [9.17, 15) is 0 Å². The van der Waals surface area contributed by atoms with Crippen LogP contribution >= 0.6 is 11.3 Å². The minimum absolute atomic E-state index is 0.549. The molecule has 0 bridgehead atoms. The van der Waals surface area contributed by atoms with Crippen molar-refractivity contribution in [3.8, 4) is 17.4 Å². The number of ether oxygens (including phenoxy) is 2. The maximum atomic E-state index is 5.86. The van der Waals surface area contributed by atoms with Gasteiger partial charge in [-0.3, -0.25) is 0 Å². The van der Waals surface area contributed by atoms with Gasteiger partial charge in [-0.15, -0.1) is 11.3 Å². The van der Waals surface area contributed by atoms with E-state index in [2.05, 4.69) is 9.97 Å². The molecule has 19 heavy (non-hydrogen) atoms. The Balaban J connectivity index is 2.03. The Labute approximate surface area is 114 Å². The second kappa shape index (κ2) is 4.85. The van der Waals surface area contributed by atoms with E-state index >= 15 is 0 Å². The lowest BCUT2D eigenvalue weighted by Crippen LogP contribution is -1.93. The van der Waals surface area contributed by atoms with E-state index in [0.29, 0.717) is 17.4 Å². The lowest BCUT2D eigenvalue weighted by atomic mass is 10.2. The first kappa shape index (κ1) is 11.9. The molecule has 0 aliphatic rings. The summed E-state index contributed by atoms with van der Waals surface area (Å²) in [5, 5.41) is 2.88. The SMILES string of the molecule is COc1cc(C)ccc1Oc1ncnc2sccc12. The van der Waals surface area contributed by atoms with E-state index in [1.54, 1.807) is 18.4 Å². The number of fused-ring (bicyclic) bond motifs is 1. The number of methoxy groups -OCH3 is 1. The van der Waals surface area contributed by atoms with Gasteiger partial charge in [0.1, 0.15) is 11.2 Å². The molecule has 3 aromatic rings. The molecule has 0 fully saturated rings. The van der Waals surface area contributed by atoms with Crippen LogP contribution in [-0.2, 0) is 0 Å². The quantitative estimate of drug-likeness (QED) is 0.727. The Morgan fingerprint density at radius 2 is 2.00 bits per heavy atom. The van der Waals surface area contributed by atoms with E-state index < -0.39 is 0 Å². The van der Waals surface area contributed by atoms with Gasteiger partial charge in [-0.05, 0) is 36.1 Å². The fourth-order valence-electron chi connectivity index (χ4n) is 1.81. The van der Waals surface area contributed by atoms with Gasteiger partial charge in [0.2, 0.25) is 5.88 Å². The lowest BCUT2D eigenvalue weighted by molar-refractivity contribution is 0.375. The molecule has 0 aliphatic heterocycles. The molecule has 0 radical (unpaired) electrons. The fraction of sp³-hybridized carbons (Fsp3) is 0.143. The zero-order valence-corrected chi connectivity index (χ0v) is 11.4. The molecule has 0 saturated heterocycles. The maximum absolute atomic E-state index is 5.86. The number of rotatable bonds is 3. The number of aryl methyl sites for hydroxylation is 1. The van der Waals surface area contributed by atoms with Crippen LogP contribution in [0.5, 0.6) is 17.4 Å². The lowest BCUT2D eigenvalue weighted by Gasteiger charge is -2.10. The van der Waals surface area contributed by atoms with Crippen LogP contribution in [0, 0.1) is 6.92 Å². The standard InChI is InChI=1S/C14H12N2O2S/c1-9-3-4-11(12(7-9)17-2)18-13-10-5-6-19-14(10)16-8-15-13/h3-8H,1-2H3. The van der Waals surface area contributed by atoms with Gasteiger partial charge in [0.25, 0.3) is 0 Å². The third-order valence-corrected chi connectivity index (χ3v) is 3.57. The molecule has 0 unspecified atom stereocenters. The molecule has 1 aromatic carbocycles. The minimum Gasteiger partial charge on any atom is -0.493 e. The van der Waals surface area contributed by atoms with E-state index in [0.717, 1.165) is 15.8 Å². The van der Waals surface area contributed by atoms with Crippen molar-refractivity contribution >= 4 is 21.6 Å². The zero-order valence-electron chi connectivity index (χ0n) is 10.6. The first-order valence-corrected chi connectivity index (χ1v) is 6.66. The minimum atomic E-state index is 0.549. The molecule has 2 heterocycles. The number of benzene rings is 1. The van der Waals surface area contributed by atoms with Gasteiger partial charge in [0.05, 0.1) is 12.5 Å². The summed E-state index contributed by atoms with van der Waals surface area (Å²) in [5.74, 6) is 1.90. The summed E-state index contributed by atoms with van der Waals surface area (Å²) in [5.41, 5.74) is 1.12. The van der Waals surface area contributed by atoms with Crippen molar-refractivity contribution in [3.63, 3.8) is 0 Å². The van der Waals surface area contributed by atoms with Gasteiger partial charge in [-0.1, -0.05) is 6.07 Å². The third kappa shape index (κ3) is 2.24. The summed E-state index contributed by atoms with van der Waals surface area (Å²) in [6.07, 6.45) is 1.51. The summed E-state index contributed by atoms with van der Waals surface area (Å²) in [4.78, 5) is 9.30. The molecule has 0 N–H and O–H groups in total. The Hall–Kier alpha value is -2.14. The van der Waals surface area contributed by atoms with Gasteiger partial charge < -0.3 is 9.47 Å². The Bertz CT molecular complexity index is 724. The third-order valence-electron chi connectivity index (χ3n) is 2.75. The summed E-state index contributed by atoms with van der Waals surface area (Å²) >= 11 is 1.56. The van der Waals surface area contributed by atoms with Gasteiger partial charge in [-0.25, -0.2) is 9.97 Å². The van der Waals surface area contributed by atoms with Crippen molar-refractivity contribution < 1.29 is 9.47 Å². The van der Waals surface area contributed by atoms with Crippen LogP contribution in [0.1, 0.15) is 5.56 Å². The van der Waals surface area contributed by atoms with Gasteiger partial charge in [0, 0.05) is 0 Å². The molecule has 5 heteroatoms. The zero-order chi connectivity index (χ0) is 13.2. The highest BCUT2D eigenvalue weighted by molar-refractivity contribution is 7.16. The highest BCUT2D eigenvalue weighted by Gasteiger charge is 2.10. The van der Waals surface area contributed by atoms with Crippen molar-refractivity contribution in [1.82, 2.24) is 9.97 Å². The van der Waals surface area contributed by atoms with E-state index in [1.807, 2.05) is 36.6 Å². The summed E-state index contributed by atoms with van der Waals surface area (Å²) in [7, 11) is 1.63. The first-order valence-electron chi connectivity index (χ1n) is 5.78.